The van der Waals surface area contributed by atoms with Crippen LogP contribution in [0.3, 0.4) is 0 Å². The zero-order valence-electron chi connectivity index (χ0n) is 13.3. The summed E-state index contributed by atoms with van der Waals surface area (Å²) in [4.78, 5) is 15.7. The molecule has 3 aromatic rings. The van der Waals surface area contributed by atoms with Crippen LogP contribution in [0.4, 0.5) is 0 Å². The van der Waals surface area contributed by atoms with Crippen LogP contribution in [0.1, 0.15) is 21.5 Å². The third kappa shape index (κ3) is 3.43. The van der Waals surface area contributed by atoms with Crippen molar-refractivity contribution in [2.45, 2.75) is 6.42 Å². The molecule has 0 unspecified atom stereocenters. The van der Waals surface area contributed by atoms with Crippen molar-refractivity contribution in [2.24, 2.45) is 0 Å². The second-order valence-electron chi connectivity index (χ2n) is 5.42. The van der Waals surface area contributed by atoms with Gasteiger partial charge in [-0.2, -0.15) is 0 Å². The smallest absolute Gasteiger partial charge is 0.335 e. The predicted molar refractivity (Wildman–Crippen MR) is 92.4 cm³/mol. The van der Waals surface area contributed by atoms with Crippen LogP contribution in [-0.2, 0) is 6.42 Å². The maximum absolute atomic E-state index is 11.4. The molecule has 0 saturated carbocycles. The molecule has 0 atom stereocenters. The summed E-state index contributed by atoms with van der Waals surface area (Å²) < 4.78 is 5.20. The summed E-state index contributed by atoms with van der Waals surface area (Å²) in [5, 5.41) is 9.35. The van der Waals surface area contributed by atoms with Crippen LogP contribution >= 0.6 is 0 Å². The number of carbonyl (C=O) groups is 1. The van der Waals surface area contributed by atoms with E-state index < -0.39 is 5.97 Å². The molecule has 120 valence electrons. The van der Waals surface area contributed by atoms with Gasteiger partial charge in [0.05, 0.1) is 18.4 Å². The summed E-state index contributed by atoms with van der Waals surface area (Å²) in [6.07, 6.45) is 2.29. The summed E-state index contributed by atoms with van der Waals surface area (Å²) in [5.74, 6) is -0.280. The van der Waals surface area contributed by atoms with Gasteiger partial charge in [-0.25, -0.2) is 4.79 Å². The molecule has 0 radical (unpaired) electrons. The Balaban J connectivity index is 1.87. The van der Waals surface area contributed by atoms with Gasteiger partial charge in [0.15, 0.2) is 0 Å². The van der Waals surface area contributed by atoms with E-state index in [9.17, 15) is 9.90 Å². The van der Waals surface area contributed by atoms with Crippen molar-refractivity contribution in [1.29, 1.82) is 0 Å². The minimum absolute atomic E-state index is 0.296. The Morgan fingerprint density at radius 2 is 1.88 bits per heavy atom. The number of carboxylic acids is 1. The number of benzene rings is 2. The molecular weight excluding hydrogens is 302 g/mol. The number of hydrogen-bond acceptors (Lipinski definition) is 3. The highest BCUT2D eigenvalue weighted by atomic mass is 16.5. The zero-order valence-corrected chi connectivity index (χ0v) is 13.3. The van der Waals surface area contributed by atoms with Gasteiger partial charge in [0.25, 0.3) is 0 Å². The summed E-state index contributed by atoms with van der Waals surface area (Å²) in [6.45, 7) is 0. The van der Waals surface area contributed by atoms with Gasteiger partial charge in [0.2, 0.25) is 0 Å². The molecule has 0 spiro atoms. The van der Waals surface area contributed by atoms with Crippen LogP contribution in [0, 0.1) is 0 Å². The van der Waals surface area contributed by atoms with E-state index >= 15 is 0 Å². The van der Waals surface area contributed by atoms with Crippen molar-refractivity contribution < 1.29 is 14.6 Å². The van der Waals surface area contributed by atoms with Crippen molar-refractivity contribution in [3.8, 4) is 17.0 Å². The summed E-state index contributed by atoms with van der Waals surface area (Å²) >= 11 is 0. The summed E-state index contributed by atoms with van der Waals surface area (Å²) in [7, 11) is 1.57. The van der Waals surface area contributed by atoms with Gasteiger partial charge in [0, 0.05) is 11.8 Å². The second-order valence-corrected chi connectivity index (χ2v) is 5.42. The molecule has 1 heterocycles. The monoisotopic (exact) mass is 319 g/mol. The molecule has 1 aromatic heterocycles. The van der Waals surface area contributed by atoms with E-state index in [4.69, 9.17) is 4.74 Å². The predicted octanol–water partition coefficient (Wildman–Crippen LogP) is 4.05. The van der Waals surface area contributed by atoms with E-state index in [0.717, 1.165) is 22.4 Å². The first kappa shape index (κ1) is 15.7. The molecule has 0 aliphatic carbocycles. The maximum atomic E-state index is 11.4. The molecule has 0 aliphatic heterocycles. The van der Waals surface area contributed by atoms with Crippen LogP contribution in [0.5, 0.6) is 5.75 Å². The minimum Gasteiger partial charge on any atom is -0.497 e. The Morgan fingerprint density at radius 3 is 2.50 bits per heavy atom. The fourth-order valence-electron chi connectivity index (χ4n) is 2.60. The van der Waals surface area contributed by atoms with Crippen LogP contribution in [0.25, 0.3) is 11.3 Å². The zero-order chi connectivity index (χ0) is 16.9. The number of nitrogens with zero attached hydrogens (tertiary/aromatic N) is 1. The standard InChI is InChI=1S/C20H17NO3/c1-24-17-9-10-18(20(22)23)16(13-17)12-14-5-7-15(8-6-14)19-4-2-3-11-21-19/h2-11,13H,12H2,1H3,(H,22,23). The van der Waals surface area contributed by atoms with Gasteiger partial charge in [-0.05, 0) is 47.9 Å². The van der Waals surface area contributed by atoms with Crippen LogP contribution in [0.2, 0.25) is 0 Å². The van der Waals surface area contributed by atoms with E-state index in [1.54, 1.807) is 31.5 Å². The number of ether oxygens (including phenoxy) is 1. The lowest BCUT2D eigenvalue weighted by Gasteiger charge is -2.09. The van der Waals surface area contributed by atoms with Crippen LogP contribution in [0.15, 0.2) is 66.9 Å². The highest BCUT2D eigenvalue weighted by molar-refractivity contribution is 5.89. The lowest BCUT2D eigenvalue weighted by molar-refractivity contribution is 0.0696. The largest absolute Gasteiger partial charge is 0.497 e. The van der Waals surface area contributed by atoms with Crippen molar-refractivity contribution in [2.75, 3.05) is 7.11 Å². The van der Waals surface area contributed by atoms with Crippen molar-refractivity contribution in [3.05, 3.63) is 83.6 Å². The van der Waals surface area contributed by atoms with E-state index in [2.05, 4.69) is 4.98 Å². The third-order valence-electron chi connectivity index (χ3n) is 3.85. The lowest BCUT2D eigenvalue weighted by Crippen LogP contribution is -2.03. The first-order valence-corrected chi connectivity index (χ1v) is 7.58. The first-order chi connectivity index (χ1) is 11.7. The molecule has 24 heavy (non-hydrogen) atoms. The highest BCUT2D eigenvalue weighted by Crippen LogP contribution is 2.23. The molecule has 0 fully saturated rings. The maximum Gasteiger partial charge on any atom is 0.335 e. The fourth-order valence-corrected chi connectivity index (χ4v) is 2.60. The Kier molecular flexibility index (Phi) is 4.57. The van der Waals surface area contributed by atoms with Gasteiger partial charge in [0.1, 0.15) is 5.75 Å². The number of hydrogen-bond donors (Lipinski definition) is 1. The summed E-state index contributed by atoms with van der Waals surface area (Å²) in [6, 6.07) is 18.8. The normalized spacial score (nSPS) is 10.4. The highest BCUT2D eigenvalue weighted by Gasteiger charge is 2.12. The minimum atomic E-state index is -0.933. The Labute approximate surface area is 140 Å². The van der Waals surface area contributed by atoms with Crippen molar-refractivity contribution in [3.63, 3.8) is 0 Å². The van der Waals surface area contributed by atoms with E-state index in [-0.39, 0.29) is 0 Å². The molecule has 0 aliphatic rings. The SMILES string of the molecule is COc1ccc(C(=O)O)c(Cc2ccc(-c3ccccn3)cc2)c1. The molecule has 0 amide bonds. The van der Waals surface area contributed by atoms with E-state index in [1.807, 2.05) is 42.5 Å². The van der Waals surface area contributed by atoms with Gasteiger partial charge in [-0.15, -0.1) is 0 Å². The van der Waals surface area contributed by atoms with Gasteiger partial charge >= 0.3 is 5.97 Å². The van der Waals surface area contributed by atoms with E-state index in [1.165, 1.54) is 0 Å². The van der Waals surface area contributed by atoms with Crippen LogP contribution < -0.4 is 4.74 Å². The van der Waals surface area contributed by atoms with Gasteiger partial charge < -0.3 is 9.84 Å². The number of methoxy groups -OCH3 is 1. The molecule has 2 aromatic carbocycles. The molecule has 0 bridgehead atoms. The lowest BCUT2D eigenvalue weighted by atomic mass is 9.98. The molecule has 0 saturated heterocycles. The number of pyridine rings is 1. The number of aromatic carboxylic acids is 1. The Morgan fingerprint density at radius 1 is 1.08 bits per heavy atom. The molecule has 4 heteroatoms. The van der Waals surface area contributed by atoms with E-state index in [0.29, 0.717) is 17.7 Å². The topological polar surface area (TPSA) is 59.4 Å². The Hall–Kier alpha value is -3.14. The van der Waals surface area contributed by atoms with Crippen molar-refractivity contribution in [1.82, 2.24) is 4.98 Å². The quantitative estimate of drug-likeness (QED) is 0.771. The third-order valence-corrected chi connectivity index (χ3v) is 3.85. The van der Waals surface area contributed by atoms with Crippen molar-refractivity contribution >= 4 is 5.97 Å². The molecule has 1 N–H and O–H groups in total. The molecule has 3 rings (SSSR count). The number of carboxylic acid groups (broad SMARTS) is 1. The Bertz CT molecular complexity index is 843. The number of rotatable bonds is 5. The van der Waals surface area contributed by atoms with Crippen LogP contribution in [-0.4, -0.2) is 23.2 Å². The summed E-state index contributed by atoms with van der Waals surface area (Å²) in [5.41, 5.74) is 4.00. The fraction of sp³-hybridized carbons (Fsp3) is 0.100. The number of aromatic nitrogens is 1. The first-order valence-electron chi connectivity index (χ1n) is 7.58. The average molecular weight is 319 g/mol. The molecule has 4 nitrogen and oxygen atoms in total. The van der Waals surface area contributed by atoms with Gasteiger partial charge in [-0.3, -0.25) is 4.98 Å². The van der Waals surface area contributed by atoms with Gasteiger partial charge in [-0.1, -0.05) is 30.3 Å². The average Bonchev–Trinajstić information content (AvgIpc) is 2.63. The molecular formula is C20H17NO3. The second kappa shape index (κ2) is 6.96.